The first kappa shape index (κ1) is 18.4. The van der Waals surface area contributed by atoms with Gasteiger partial charge in [0.15, 0.2) is 5.96 Å². The van der Waals surface area contributed by atoms with Crippen LogP contribution in [0.3, 0.4) is 0 Å². The van der Waals surface area contributed by atoms with Gasteiger partial charge in [0.2, 0.25) is 0 Å². The first-order valence-electron chi connectivity index (χ1n) is 5.10. The lowest BCUT2D eigenvalue weighted by atomic mass is 10.2. The van der Waals surface area contributed by atoms with Gasteiger partial charge in [-0.2, -0.15) is 8.78 Å². The zero-order valence-electron chi connectivity index (χ0n) is 10.4. The topological polar surface area (TPSA) is 50.8 Å². The van der Waals surface area contributed by atoms with E-state index in [0.717, 1.165) is 4.47 Å². The van der Waals surface area contributed by atoms with Gasteiger partial charge in [-0.05, 0) is 18.2 Å². The summed E-state index contributed by atoms with van der Waals surface area (Å²) in [6, 6.07) is 4.76. The van der Waals surface area contributed by atoms with Crippen LogP contribution in [0, 0.1) is 0 Å². The fourth-order valence-corrected chi connectivity index (χ4v) is 1.60. The third-order valence-electron chi connectivity index (χ3n) is 2.11. The van der Waals surface area contributed by atoms with Crippen LogP contribution in [0.25, 0.3) is 0 Å². The number of nitrogens with two attached hydrogens (primary N) is 1. The van der Waals surface area contributed by atoms with Crippen molar-refractivity contribution in [3.05, 3.63) is 28.2 Å². The number of rotatable bonds is 4. The highest BCUT2D eigenvalue weighted by Crippen LogP contribution is 2.25. The molecule has 0 saturated heterocycles. The monoisotopic (exact) mass is 449 g/mol. The van der Waals surface area contributed by atoms with Crippen LogP contribution >= 0.6 is 39.9 Å². The molecule has 0 saturated carbocycles. The number of aliphatic imine (C=N–C) groups is 1. The summed E-state index contributed by atoms with van der Waals surface area (Å²) in [5, 5.41) is 0. The molecule has 2 N–H and O–H groups in total. The molecule has 0 aliphatic carbocycles. The summed E-state index contributed by atoms with van der Waals surface area (Å²) >= 11 is 3.27. The van der Waals surface area contributed by atoms with E-state index in [9.17, 15) is 8.78 Å². The smallest absolute Gasteiger partial charge is 0.387 e. The number of ether oxygens (including phenoxy) is 1. The third kappa shape index (κ3) is 6.37. The van der Waals surface area contributed by atoms with Crippen LogP contribution in [-0.2, 0) is 6.54 Å². The lowest BCUT2D eigenvalue weighted by Gasteiger charge is -2.12. The fourth-order valence-electron chi connectivity index (χ4n) is 1.19. The first-order valence-corrected chi connectivity index (χ1v) is 5.90. The average Bonchev–Trinajstić information content (AvgIpc) is 2.28. The van der Waals surface area contributed by atoms with E-state index >= 15 is 0 Å². The molecule has 0 radical (unpaired) electrons. The summed E-state index contributed by atoms with van der Waals surface area (Å²) in [6.07, 6.45) is 0. The van der Waals surface area contributed by atoms with Crippen LogP contribution in [0.5, 0.6) is 5.75 Å². The lowest BCUT2D eigenvalue weighted by molar-refractivity contribution is -0.0504. The Balaban J connectivity index is 0.00000324. The van der Waals surface area contributed by atoms with Gasteiger partial charge in [-0.15, -0.1) is 24.0 Å². The Morgan fingerprint density at radius 1 is 1.47 bits per heavy atom. The maximum Gasteiger partial charge on any atom is 0.387 e. The van der Waals surface area contributed by atoms with E-state index in [1.54, 1.807) is 31.1 Å². The molecule has 0 spiro atoms. The summed E-state index contributed by atoms with van der Waals surface area (Å²) < 4.78 is 29.6. The van der Waals surface area contributed by atoms with Crippen molar-refractivity contribution >= 4 is 45.9 Å². The molecule has 0 aromatic heterocycles. The minimum absolute atomic E-state index is 0. The Kier molecular flexibility index (Phi) is 8.23. The lowest BCUT2D eigenvalue weighted by Crippen LogP contribution is -2.30. The molecule has 0 bridgehead atoms. The highest BCUT2D eigenvalue weighted by molar-refractivity contribution is 14.0. The molecule has 1 aromatic carbocycles. The van der Waals surface area contributed by atoms with Crippen molar-refractivity contribution < 1.29 is 13.5 Å². The van der Waals surface area contributed by atoms with Crippen LogP contribution in [0.15, 0.2) is 27.7 Å². The Morgan fingerprint density at radius 2 is 2.11 bits per heavy atom. The molecule has 19 heavy (non-hydrogen) atoms. The molecule has 1 aromatic rings. The van der Waals surface area contributed by atoms with Crippen LogP contribution in [0.4, 0.5) is 8.78 Å². The maximum absolute atomic E-state index is 12.2. The van der Waals surface area contributed by atoms with Gasteiger partial charge in [0.05, 0.1) is 6.54 Å². The Labute approximate surface area is 136 Å². The van der Waals surface area contributed by atoms with Gasteiger partial charge in [0.25, 0.3) is 0 Å². The standard InChI is InChI=1S/C11H14BrF2N3O.HI/c1-17(2)11(15)16-6-7-5-8(12)3-4-9(7)18-10(13)14;/h3-5,10H,6H2,1-2H3,(H2,15,16);1H. The number of halogens is 4. The maximum atomic E-state index is 12.2. The molecule has 0 heterocycles. The molecule has 0 aliphatic heterocycles. The van der Waals surface area contributed by atoms with Gasteiger partial charge in [0, 0.05) is 24.1 Å². The highest BCUT2D eigenvalue weighted by Gasteiger charge is 2.10. The molecule has 0 fully saturated rings. The van der Waals surface area contributed by atoms with Crippen molar-refractivity contribution in [3.63, 3.8) is 0 Å². The third-order valence-corrected chi connectivity index (χ3v) is 2.60. The molecule has 8 heteroatoms. The van der Waals surface area contributed by atoms with E-state index in [4.69, 9.17) is 5.73 Å². The first-order chi connectivity index (χ1) is 8.40. The summed E-state index contributed by atoms with van der Waals surface area (Å²) in [4.78, 5) is 5.71. The zero-order chi connectivity index (χ0) is 13.7. The summed E-state index contributed by atoms with van der Waals surface area (Å²) in [7, 11) is 3.49. The Bertz CT molecular complexity index is 444. The molecule has 108 valence electrons. The van der Waals surface area contributed by atoms with Crippen molar-refractivity contribution in [2.45, 2.75) is 13.2 Å². The fraction of sp³-hybridized carbons (Fsp3) is 0.364. The van der Waals surface area contributed by atoms with Crippen LogP contribution in [-0.4, -0.2) is 31.6 Å². The molecular formula is C11H15BrF2IN3O. The van der Waals surface area contributed by atoms with Gasteiger partial charge < -0.3 is 15.4 Å². The second-order valence-electron chi connectivity index (χ2n) is 3.70. The van der Waals surface area contributed by atoms with Gasteiger partial charge in [-0.1, -0.05) is 15.9 Å². The highest BCUT2D eigenvalue weighted by atomic mass is 127. The van der Waals surface area contributed by atoms with Crippen LogP contribution in [0.1, 0.15) is 5.56 Å². The summed E-state index contributed by atoms with van der Waals surface area (Å²) in [6.45, 7) is -2.69. The van der Waals surface area contributed by atoms with Crippen LogP contribution in [0.2, 0.25) is 0 Å². The second kappa shape index (κ2) is 8.51. The van der Waals surface area contributed by atoms with Gasteiger partial charge >= 0.3 is 6.61 Å². The molecule has 1 rings (SSSR count). The minimum atomic E-state index is -2.86. The van der Waals surface area contributed by atoms with Crippen molar-refractivity contribution in [3.8, 4) is 5.75 Å². The molecular weight excluding hydrogens is 435 g/mol. The minimum Gasteiger partial charge on any atom is -0.434 e. The quantitative estimate of drug-likeness (QED) is 0.436. The number of benzene rings is 1. The van der Waals surface area contributed by atoms with Gasteiger partial charge in [-0.3, -0.25) is 0 Å². The summed E-state index contributed by atoms with van der Waals surface area (Å²) in [5.41, 5.74) is 6.17. The number of alkyl halides is 2. The zero-order valence-corrected chi connectivity index (χ0v) is 14.4. The van der Waals surface area contributed by atoms with Crippen LogP contribution < -0.4 is 10.5 Å². The average molecular weight is 450 g/mol. The molecule has 0 unspecified atom stereocenters. The van der Waals surface area contributed by atoms with Crippen molar-refractivity contribution in [1.29, 1.82) is 0 Å². The molecule has 4 nitrogen and oxygen atoms in total. The van der Waals surface area contributed by atoms with E-state index in [1.165, 1.54) is 6.07 Å². The largest absolute Gasteiger partial charge is 0.434 e. The molecule has 0 aliphatic rings. The SMILES string of the molecule is CN(C)C(N)=NCc1cc(Br)ccc1OC(F)F.I. The van der Waals surface area contributed by atoms with E-state index in [2.05, 4.69) is 25.7 Å². The number of guanidine groups is 1. The Morgan fingerprint density at radius 3 is 2.63 bits per heavy atom. The molecule has 0 atom stereocenters. The second-order valence-corrected chi connectivity index (χ2v) is 4.62. The predicted octanol–water partition coefficient (Wildman–Crippen LogP) is 3.04. The van der Waals surface area contributed by atoms with Crippen molar-refractivity contribution in [1.82, 2.24) is 4.90 Å². The number of hydrogen-bond donors (Lipinski definition) is 1. The van der Waals surface area contributed by atoms with E-state index in [0.29, 0.717) is 11.5 Å². The number of hydrogen-bond acceptors (Lipinski definition) is 2. The van der Waals surface area contributed by atoms with E-state index < -0.39 is 6.61 Å². The van der Waals surface area contributed by atoms with Crippen molar-refractivity contribution in [2.24, 2.45) is 10.7 Å². The van der Waals surface area contributed by atoms with E-state index in [-0.39, 0.29) is 36.3 Å². The van der Waals surface area contributed by atoms with E-state index in [1.807, 2.05) is 0 Å². The van der Waals surface area contributed by atoms with Crippen molar-refractivity contribution in [2.75, 3.05) is 14.1 Å². The number of nitrogens with zero attached hydrogens (tertiary/aromatic N) is 2. The van der Waals surface area contributed by atoms with Gasteiger partial charge in [-0.25, -0.2) is 4.99 Å². The predicted molar refractivity (Wildman–Crippen MR) is 85.2 cm³/mol. The van der Waals surface area contributed by atoms with Gasteiger partial charge in [0.1, 0.15) is 5.75 Å². The Hall–Kier alpha value is -0.640. The molecule has 0 amide bonds. The summed E-state index contributed by atoms with van der Waals surface area (Å²) in [5.74, 6) is 0.418. The normalized spacial score (nSPS) is 11.2.